The first-order valence-corrected chi connectivity index (χ1v) is 11.8. The molecule has 2 aromatic carbocycles. The van der Waals surface area contributed by atoms with Gasteiger partial charge in [0.05, 0.1) is 4.90 Å². The summed E-state index contributed by atoms with van der Waals surface area (Å²) in [6.07, 6.45) is 0.893. The van der Waals surface area contributed by atoms with Gasteiger partial charge in [-0.25, -0.2) is 8.42 Å². The number of nitrogen functional groups attached to an aromatic ring is 1. The summed E-state index contributed by atoms with van der Waals surface area (Å²) in [5, 5.41) is 7.53. The van der Waals surface area contributed by atoms with Gasteiger partial charge in [0.15, 0.2) is 0 Å². The lowest BCUT2D eigenvalue weighted by Gasteiger charge is -2.34. The quantitative estimate of drug-likeness (QED) is 0.529. The van der Waals surface area contributed by atoms with Gasteiger partial charge in [0.25, 0.3) is 0 Å². The largest absolute Gasteiger partial charge is 0.384 e. The van der Waals surface area contributed by atoms with Gasteiger partial charge in [-0.15, -0.1) is 0 Å². The van der Waals surface area contributed by atoms with Crippen molar-refractivity contribution in [1.82, 2.24) is 9.21 Å². The zero-order valence-electron chi connectivity index (χ0n) is 18.3. The highest BCUT2D eigenvalue weighted by atomic mass is 32.2. The van der Waals surface area contributed by atoms with Crippen LogP contribution in [0.25, 0.3) is 0 Å². The van der Waals surface area contributed by atoms with Crippen molar-refractivity contribution in [2.75, 3.05) is 26.2 Å². The number of amides is 1. The van der Waals surface area contributed by atoms with Crippen LogP contribution in [0.5, 0.6) is 0 Å². The molecule has 0 atom stereocenters. The molecule has 1 fully saturated rings. The average Bonchev–Trinajstić information content (AvgIpc) is 2.71. The molecule has 8 heteroatoms. The van der Waals surface area contributed by atoms with Crippen LogP contribution in [0, 0.1) is 26.2 Å². The van der Waals surface area contributed by atoms with Gasteiger partial charge in [0.2, 0.25) is 15.9 Å². The Hall–Kier alpha value is -2.71. The van der Waals surface area contributed by atoms with Crippen molar-refractivity contribution in [2.24, 2.45) is 5.73 Å². The van der Waals surface area contributed by atoms with Crippen LogP contribution in [0.15, 0.2) is 41.3 Å². The number of hydrogen-bond donors (Lipinski definition) is 2. The Labute approximate surface area is 184 Å². The summed E-state index contributed by atoms with van der Waals surface area (Å²) < 4.78 is 27.9. The predicted octanol–water partition coefficient (Wildman–Crippen LogP) is 2.36. The summed E-state index contributed by atoms with van der Waals surface area (Å²) in [7, 11) is -3.59. The standard InChI is InChI=1S/C23H30N4O3S/c1-16-13-17(2)22(18(3)14-16)31(29,30)27-11-9-26(10-12-27)21(28)8-7-19-5-4-6-20(15-19)23(24)25/h4-6,13-15H,7-12H2,1-3H3,(H3,24,25). The van der Waals surface area contributed by atoms with Crippen LogP contribution in [-0.4, -0.2) is 55.5 Å². The van der Waals surface area contributed by atoms with E-state index in [1.54, 1.807) is 11.0 Å². The molecule has 0 aliphatic carbocycles. The highest BCUT2D eigenvalue weighted by molar-refractivity contribution is 7.89. The van der Waals surface area contributed by atoms with Crippen LogP contribution in [-0.2, 0) is 21.2 Å². The lowest BCUT2D eigenvalue weighted by atomic mass is 10.1. The predicted molar refractivity (Wildman–Crippen MR) is 122 cm³/mol. The van der Waals surface area contributed by atoms with Crippen LogP contribution < -0.4 is 5.73 Å². The second-order valence-electron chi connectivity index (χ2n) is 8.13. The summed E-state index contributed by atoms with van der Waals surface area (Å²) in [5.41, 5.74) is 9.67. The van der Waals surface area contributed by atoms with Gasteiger partial charge < -0.3 is 10.6 Å². The molecule has 0 spiro atoms. The maximum atomic E-state index is 13.2. The lowest BCUT2D eigenvalue weighted by Crippen LogP contribution is -2.50. The van der Waals surface area contributed by atoms with Crippen LogP contribution in [0.4, 0.5) is 0 Å². The fourth-order valence-electron chi connectivity index (χ4n) is 4.18. The molecule has 0 radical (unpaired) electrons. The van der Waals surface area contributed by atoms with E-state index >= 15 is 0 Å². The van der Waals surface area contributed by atoms with E-state index in [1.807, 2.05) is 51.1 Å². The maximum Gasteiger partial charge on any atom is 0.243 e. The number of piperazine rings is 1. The van der Waals surface area contributed by atoms with E-state index in [2.05, 4.69) is 0 Å². The molecule has 3 N–H and O–H groups in total. The van der Waals surface area contributed by atoms with E-state index in [-0.39, 0.29) is 11.7 Å². The third-order valence-electron chi connectivity index (χ3n) is 5.66. The molecule has 0 aromatic heterocycles. The molecule has 2 aromatic rings. The summed E-state index contributed by atoms with van der Waals surface area (Å²) in [6, 6.07) is 11.1. The minimum atomic E-state index is -3.59. The van der Waals surface area contributed by atoms with Crippen molar-refractivity contribution in [1.29, 1.82) is 5.41 Å². The molecule has 0 unspecified atom stereocenters. The fraction of sp³-hybridized carbons (Fsp3) is 0.391. The number of carbonyl (C=O) groups is 1. The Balaban J connectivity index is 1.61. The van der Waals surface area contributed by atoms with Gasteiger partial charge in [-0.05, 0) is 49.9 Å². The van der Waals surface area contributed by atoms with Crippen molar-refractivity contribution < 1.29 is 13.2 Å². The number of hydrogen-bond acceptors (Lipinski definition) is 4. The molecule has 0 bridgehead atoms. The highest BCUT2D eigenvalue weighted by Gasteiger charge is 2.32. The van der Waals surface area contributed by atoms with Crippen molar-refractivity contribution in [2.45, 2.75) is 38.5 Å². The number of nitrogens with zero attached hydrogens (tertiary/aromatic N) is 2. The fourth-order valence-corrected chi connectivity index (χ4v) is 6.02. The van der Waals surface area contributed by atoms with Crippen molar-refractivity contribution in [3.05, 3.63) is 64.2 Å². The van der Waals surface area contributed by atoms with Crippen molar-refractivity contribution >= 4 is 21.8 Å². The first-order valence-electron chi connectivity index (χ1n) is 10.4. The summed E-state index contributed by atoms with van der Waals surface area (Å²) in [4.78, 5) is 14.8. The molecule has 3 rings (SSSR count). The Kier molecular flexibility index (Phi) is 6.81. The Bertz CT molecular complexity index is 1080. The second-order valence-corrected chi connectivity index (χ2v) is 10.0. The molecule has 1 amide bonds. The molecular formula is C23H30N4O3S. The smallest absolute Gasteiger partial charge is 0.243 e. The zero-order valence-corrected chi connectivity index (χ0v) is 19.1. The van der Waals surface area contributed by atoms with Gasteiger partial charge in [-0.3, -0.25) is 10.2 Å². The number of benzene rings is 2. The van der Waals surface area contributed by atoms with Crippen LogP contribution in [0.3, 0.4) is 0 Å². The number of sulfonamides is 1. The van der Waals surface area contributed by atoms with Crippen LogP contribution in [0.2, 0.25) is 0 Å². The van der Waals surface area contributed by atoms with Gasteiger partial charge >= 0.3 is 0 Å². The van der Waals surface area contributed by atoms with E-state index in [4.69, 9.17) is 11.1 Å². The minimum Gasteiger partial charge on any atom is -0.384 e. The maximum absolute atomic E-state index is 13.2. The third-order valence-corrected chi connectivity index (χ3v) is 7.86. The Morgan fingerprint density at radius 3 is 2.23 bits per heavy atom. The third kappa shape index (κ3) is 5.14. The molecular weight excluding hydrogens is 412 g/mol. The first-order chi connectivity index (χ1) is 14.6. The van der Waals surface area contributed by atoms with E-state index in [0.29, 0.717) is 49.5 Å². The molecule has 7 nitrogen and oxygen atoms in total. The zero-order chi connectivity index (χ0) is 22.8. The monoisotopic (exact) mass is 442 g/mol. The lowest BCUT2D eigenvalue weighted by molar-refractivity contribution is -0.132. The minimum absolute atomic E-state index is 0.00422. The molecule has 1 aliphatic heterocycles. The van der Waals surface area contributed by atoms with Gasteiger partial charge in [0, 0.05) is 38.2 Å². The second kappa shape index (κ2) is 9.20. The van der Waals surface area contributed by atoms with E-state index in [0.717, 1.165) is 22.3 Å². The van der Waals surface area contributed by atoms with Gasteiger partial charge in [-0.2, -0.15) is 4.31 Å². The van der Waals surface area contributed by atoms with Gasteiger partial charge in [0.1, 0.15) is 5.84 Å². The van der Waals surface area contributed by atoms with Gasteiger partial charge in [-0.1, -0.05) is 35.9 Å². The number of rotatable bonds is 6. The molecule has 1 saturated heterocycles. The normalized spacial score (nSPS) is 15.1. The molecule has 1 heterocycles. The van der Waals surface area contributed by atoms with Crippen molar-refractivity contribution in [3.8, 4) is 0 Å². The van der Waals surface area contributed by atoms with E-state index < -0.39 is 10.0 Å². The summed E-state index contributed by atoms with van der Waals surface area (Å²) in [5.74, 6) is 0.0116. The topological polar surface area (TPSA) is 108 Å². The van der Waals surface area contributed by atoms with E-state index in [1.165, 1.54) is 4.31 Å². The first kappa shape index (κ1) is 23.0. The molecule has 31 heavy (non-hydrogen) atoms. The number of aryl methyl sites for hydroxylation is 4. The molecule has 1 aliphatic rings. The number of nitrogens with one attached hydrogen (secondary N) is 1. The molecule has 166 valence electrons. The van der Waals surface area contributed by atoms with Crippen LogP contribution >= 0.6 is 0 Å². The van der Waals surface area contributed by atoms with Crippen molar-refractivity contribution in [3.63, 3.8) is 0 Å². The van der Waals surface area contributed by atoms with E-state index in [9.17, 15) is 13.2 Å². The highest BCUT2D eigenvalue weighted by Crippen LogP contribution is 2.26. The number of amidine groups is 1. The summed E-state index contributed by atoms with van der Waals surface area (Å²) >= 11 is 0. The number of carbonyl (C=O) groups excluding carboxylic acids is 1. The summed E-state index contributed by atoms with van der Waals surface area (Å²) in [6.45, 7) is 6.96. The SMILES string of the molecule is Cc1cc(C)c(S(=O)(=O)N2CCN(C(=O)CCc3cccc(C(=N)N)c3)CC2)c(C)c1. The molecule has 0 saturated carbocycles. The Morgan fingerprint density at radius 2 is 1.65 bits per heavy atom. The number of nitrogens with two attached hydrogens (primary N) is 1. The Morgan fingerprint density at radius 1 is 1.03 bits per heavy atom. The van der Waals surface area contributed by atoms with Crippen LogP contribution in [0.1, 0.15) is 34.2 Å². The average molecular weight is 443 g/mol.